The summed E-state index contributed by atoms with van der Waals surface area (Å²) in [4.78, 5) is 33.7. The number of alkyl halides is 3. The molecule has 2 N–H and O–H groups in total. The summed E-state index contributed by atoms with van der Waals surface area (Å²) in [5, 5.41) is 10.1. The summed E-state index contributed by atoms with van der Waals surface area (Å²) in [6.45, 7) is -0.180. The van der Waals surface area contributed by atoms with Gasteiger partial charge in [0, 0.05) is 13.0 Å². The van der Waals surface area contributed by atoms with Crippen LogP contribution in [0.5, 0.6) is 0 Å². The number of hydrogen-bond acceptors (Lipinski definition) is 3. The van der Waals surface area contributed by atoms with Crippen LogP contribution in [0, 0.1) is 0 Å². The molecular weight excluding hydrogens is 257 g/mol. The Hall–Kier alpha value is -1.80. The summed E-state index contributed by atoms with van der Waals surface area (Å²) in [6.07, 6.45) is -4.39. The highest BCUT2D eigenvalue weighted by atomic mass is 19.4. The molecule has 0 aromatic carbocycles. The number of halogens is 3. The molecule has 1 aliphatic rings. The molecule has 0 aromatic rings. The Kier molecular flexibility index (Phi) is 4.15. The SMILES string of the molecule is O=C(O)[C@H](CN1CCCC1=O)NC(=O)C(F)(F)F. The zero-order valence-corrected chi connectivity index (χ0v) is 9.16. The van der Waals surface area contributed by atoms with E-state index in [9.17, 15) is 27.6 Å². The molecule has 9 heteroatoms. The number of nitrogens with one attached hydrogen (secondary N) is 1. The normalized spacial score (nSPS) is 17.7. The van der Waals surface area contributed by atoms with Gasteiger partial charge in [-0.05, 0) is 6.42 Å². The number of hydrogen-bond donors (Lipinski definition) is 2. The molecule has 0 saturated carbocycles. The third-order valence-corrected chi connectivity index (χ3v) is 2.44. The highest BCUT2D eigenvalue weighted by molar-refractivity contribution is 5.87. The molecule has 18 heavy (non-hydrogen) atoms. The standard InChI is InChI=1S/C9H11F3N2O4/c10-9(11,12)8(18)13-5(7(16)17)4-14-3-1-2-6(14)15/h5H,1-4H2,(H,13,18)(H,16,17)/t5-/m0/s1. The first-order valence-corrected chi connectivity index (χ1v) is 5.10. The second-order valence-corrected chi connectivity index (χ2v) is 3.81. The van der Waals surface area contributed by atoms with Gasteiger partial charge in [-0.25, -0.2) is 4.79 Å². The largest absolute Gasteiger partial charge is 0.480 e. The Balaban J connectivity index is 2.63. The minimum absolute atomic E-state index is 0.236. The topological polar surface area (TPSA) is 86.7 Å². The van der Waals surface area contributed by atoms with Crippen LogP contribution in [0.15, 0.2) is 0 Å². The number of carboxylic acids is 1. The van der Waals surface area contributed by atoms with Crippen molar-refractivity contribution in [1.82, 2.24) is 10.2 Å². The van der Waals surface area contributed by atoms with E-state index in [4.69, 9.17) is 5.11 Å². The fourth-order valence-corrected chi connectivity index (χ4v) is 1.54. The second-order valence-electron chi connectivity index (χ2n) is 3.81. The molecule has 0 aromatic heterocycles. The maximum atomic E-state index is 12.0. The molecule has 0 radical (unpaired) electrons. The van der Waals surface area contributed by atoms with E-state index in [1.54, 1.807) is 0 Å². The average molecular weight is 268 g/mol. The smallest absolute Gasteiger partial charge is 0.471 e. The molecule has 0 bridgehead atoms. The summed E-state index contributed by atoms with van der Waals surface area (Å²) in [6, 6.07) is -1.76. The summed E-state index contributed by atoms with van der Waals surface area (Å²) >= 11 is 0. The quantitative estimate of drug-likeness (QED) is 0.735. The van der Waals surface area contributed by atoms with Crippen molar-refractivity contribution >= 4 is 17.8 Å². The van der Waals surface area contributed by atoms with E-state index in [1.807, 2.05) is 0 Å². The number of rotatable bonds is 4. The van der Waals surface area contributed by atoms with E-state index in [0.29, 0.717) is 6.42 Å². The van der Waals surface area contributed by atoms with Crippen LogP contribution in [0.4, 0.5) is 13.2 Å². The van der Waals surface area contributed by atoms with Gasteiger partial charge in [-0.15, -0.1) is 0 Å². The molecule has 1 rings (SSSR count). The monoisotopic (exact) mass is 268 g/mol. The molecule has 102 valence electrons. The van der Waals surface area contributed by atoms with E-state index in [2.05, 4.69) is 0 Å². The summed E-state index contributed by atoms with van der Waals surface area (Å²) in [5.74, 6) is -4.28. The van der Waals surface area contributed by atoms with Crippen molar-refractivity contribution in [2.75, 3.05) is 13.1 Å². The van der Waals surface area contributed by atoms with Gasteiger partial charge < -0.3 is 15.3 Å². The van der Waals surface area contributed by atoms with E-state index in [0.717, 1.165) is 4.90 Å². The molecule has 1 aliphatic heterocycles. The maximum Gasteiger partial charge on any atom is 0.471 e. The van der Waals surface area contributed by atoms with Crippen LogP contribution in [0.3, 0.4) is 0 Å². The molecule has 1 saturated heterocycles. The number of nitrogens with zero attached hydrogens (tertiary/aromatic N) is 1. The molecule has 1 fully saturated rings. The number of carboxylic acid groups (broad SMARTS) is 1. The Morgan fingerprint density at radius 1 is 1.44 bits per heavy atom. The minimum atomic E-state index is -5.15. The van der Waals surface area contributed by atoms with Crippen LogP contribution < -0.4 is 5.32 Å². The van der Waals surface area contributed by atoms with Gasteiger partial charge in [-0.3, -0.25) is 9.59 Å². The number of aliphatic carboxylic acids is 1. The first-order chi connectivity index (χ1) is 8.21. The van der Waals surface area contributed by atoms with Crippen LogP contribution >= 0.6 is 0 Å². The predicted octanol–water partition coefficient (Wildman–Crippen LogP) is -0.260. The Labute approximate surface area is 99.7 Å². The number of amides is 2. The van der Waals surface area contributed by atoms with Crippen molar-refractivity contribution < 1.29 is 32.7 Å². The van der Waals surface area contributed by atoms with Crippen LogP contribution in [-0.2, 0) is 14.4 Å². The predicted molar refractivity (Wildman–Crippen MR) is 51.4 cm³/mol. The lowest BCUT2D eigenvalue weighted by Gasteiger charge is -2.22. The van der Waals surface area contributed by atoms with Crippen molar-refractivity contribution in [3.63, 3.8) is 0 Å². The average Bonchev–Trinajstić information content (AvgIpc) is 2.61. The molecule has 6 nitrogen and oxygen atoms in total. The second kappa shape index (κ2) is 5.23. The first kappa shape index (κ1) is 14.3. The van der Waals surface area contributed by atoms with Crippen molar-refractivity contribution in [2.24, 2.45) is 0 Å². The number of likely N-dealkylation sites (tertiary alicyclic amines) is 1. The fourth-order valence-electron chi connectivity index (χ4n) is 1.54. The third kappa shape index (κ3) is 3.60. The van der Waals surface area contributed by atoms with Crippen molar-refractivity contribution in [1.29, 1.82) is 0 Å². The molecular formula is C9H11F3N2O4. The van der Waals surface area contributed by atoms with E-state index < -0.39 is 30.6 Å². The van der Waals surface area contributed by atoms with Crippen LogP contribution in [0.25, 0.3) is 0 Å². The highest BCUT2D eigenvalue weighted by Crippen LogP contribution is 2.15. The van der Waals surface area contributed by atoms with Crippen molar-refractivity contribution in [2.45, 2.75) is 25.1 Å². The third-order valence-electron chi connectivity index (χ3n) is 2.44. The lowest BCUT2D eigenvalue weighted by Crippen LogP contribution is -2.52. The zero-order chi connectivity index (χ0) is 13.9. The number of carbonyl (C=O) groups excluding carboxylic acids is 2. The van der Waals surface area contributed by atoms with Gasteiger partial charge in [0.25, 0.3) is 0 Å². The molecule has 0 spiro atoms. The minimum Gasteiger partial charge on any atom is -0.480 e. The Morgan fingerprint density at radius 2 is 2.06 bits per heavy atom. The first-order valence-electron chi connectivity index (χ1n) is 5.10. The molecule has 0 unspecified atom stereocenters. The van der Waals surface area contributed by atoms with Crippen LogP contribution in [0.2, 0.25) is 0 Å². The van der Waals surface area contributed by atoms with Crippen LogP contribution in [-0.4, -0.2) is 53.1 Å². The lowest BCUT2D eigenvalue weighted by molar-refractivity contribution is -0.175. The van der Waals surface area contributed by atoms with E-state index >= 15 is 0 Å². The molecule has 0 aliphatic carbocycles. The Bertz CT molecular complexity index is 369. The molecule has 1 heterocycles. The number of carbonyl (C=O) groups is 3. The van der Waals surface area contributed by atoms with Gasteiger partial charge in [-0.1, -0.05) is 0 Å². The Morgan fingerprint density at radius 3 is 2.44 bits per heavy atom. The lowest BCUT2D eigenvalue weighted by atomic mass is 10.2. The van der Waals surface area contributed by atoms with Gasteiger partial charge in [0.15, 0.2) is 0 Å². The van der Waals surface area contributed by atoms with Gasteiger partial charge in [0.2, 0.25) is 5.91 Å². The van der Waals surface area contributed by atoms with E-state index in [-0.39, 0.29) is 18.9 Å². The van der Waals surface area contributed by atoms with E-state index in [1.165, 1.54) is 5.32 Å². The van der Waals surface area contributed by atoms with Crippen molar-refractivity contribution in [3.05, 3.63) is 0 Å². The maximum absolute atomic E-state index is 12.0. The van der Waals surface area contributed by atoms with Gasteiger partial charge in [0.1, 0.15) is 6.04 Å². The molecule has 2 amide bonds. The fraction of sp³-hybridized carbons (Fsp3) is 0.667. The molecule has 1 atom stereocenters. The highest BCUT2D eigenvalue weighted by Gasteiger charge is 2.41. The zero-order valence-electron chi connectivity index (χ0n) is 9.16. The summed E-state index contributed by atoms with van der Waals surface area (Å²) in [7, 11) is 0. The van der Waals surface area contributed by atoms with Gasteiger partial charge >= 0.3 is 18.1 Å². The van der Waals surface area contributed by atoms with Gasteiger partial charge in [0.05, 0.1) is 6.54 Å². The van der Waals surface area contributed by atoms with Gasteiger partial charge in [-0.2, -0.15) is 13.2 Å². The summed E-state index contributed by atoms with van der Waals surface area (Å²) < 4.78 is 35.9. The van der Waals surface area contributed by atoms with Crippen molar-refractivity contribution in [3.8, 4) is 0 Å². The summed E-state index contributed by atoms with van der Waals surface area (Å²) in [5.41, 5.74) is 0. The van der Waals surface area contributed by atoms with Crippen LogP contribution in [0.1, 0.15) is 12.8 Å².